The lowest BCUT2D eigenvalue weighted by molar-refractivity contribution is 0.206. The van der Waals surface area contributed by atoms with E-state index in [1.807, 2.05) is 7.05 Å². The number of hydrogen-bond acceptors (Lipinski definition) is 3. The van der Waals surface area contributed by atoms with Gasteiger partial charge in [-0.25, -0.2) is 0 Å². The lowest BCUT2D eigenvalue weighted by Gasteiger charge is -2.23. The van der Waals surface area contributed by atoms with Crippen molar-refractivity contribution >= 4 is 0 Å². The highest BCUT2D eigenvalue weighted by atomic mass is 16.3. The molecule has 1 rings (SSSR count). The van der Waals surface area contributed by atoms with Crippen LogP contribution in [-0.4, -0.2) is 48.8 Å². The van der Waals surface area contributed by atoms with Crippen molar-refractivity contribution in [3.05, 3.63) is 0 Å². The Bertz CT molecular complexity index is 159. The van der Waals surface area contributed by atoms with Crippen LogP contribution in [0.1, 0.15) is 26.7 Å². The molecule has 3 nitrogen and oxygen atoms in total. The zero-order valence-electron chi connectivity index (χ0n) is 9.66. The van der Waals surface area contributed by atoms with Crippen molar-refractivity contribution in [2.45, 2.75) is 38.8 Å². The molecule has 0 aromatic heterocycles. The minimum absolute atomic E-state index is 0.244. The van der Waals surface area contributed by atoms with E-state index in [1.54, 1.807) is 0 Å². The smallest absolute Gasteiger partial charge is 0.0585 e. The second-order valence-electron chi connectivity index (χ2n) is 4.64. The molecule has 1 aliphatic heterocycles. The average Bonchev–Trinajstić information content (AvgIpc) is 2.47. The number of nitrogens with one attached hydrogen (secondary N) is 1. The van der Waals surface area contributed by atoms with Gasteiger partial charge in [0.05, 0.1) is 6.61 Å². The summed E-state index contributed by atoms with van der Waals surface area (Å²) in [5.74, 6) is 0.840. The molecule has 1 heterocycles. The first-order valence-electron chi connectivity index (χ1n) is 5.69. The summed E-state index contributed by atoms with van der Waals surface area (Å²) in [6.07, 6.45) is 2.37. The molecular weight excluding hydrogens is 176 g/mol. The molecule has 84 valence electrons. The van der Waals surface area contributed by atoms with Crippen molar-refractivity contribution in [3.63, 3.8) is 0 Å². The zero-order valence-corrected chi connectivity index (χ0v) is 9.66. The standard InChI is InChI=1S/C11H24N2O/c1-9-6-10(2)13(7-9)5-4-11(8-14)12-3/h9-12,14H,4-8H2,1-3H3. The van der Waals surface area contributed by atoms with Crippen molar-refractivity contribution in [3.8, 4) is 0 Å². The third kappa shape index (κ3) is 3.23. The third-order valence-corrected chi connectivity index (χ3v) is 3.31. The molecule has 0 aromatic rings. The molecule has 3 heteroatoms. The van der Waals surface area contributed by atoms with E-state index in [0.29, 0.717) is 0 Å². The largest absolute Gasteiger partial charge is 0.395 e. The number of aliphatic hydroxyl groups is 1. The molecule has 0 aromatic carbocycles. The van der Waals surface area contributed by atoms with Crippen molar-refractivity contribution in [2.75, 3.05) is 26.7 Å². The van der Waals surface area contributed by atoms with Crippen LogP contribution in [0, 0.1) is 5.92 Å². The van der Waals surface area contributed by atoms with Gasteiger partial charge in [-0.1, -0.05) is 6.92 Å². The monoisotopic (exact) mass is 200 g/mol. The maximum atomic E-state index is 9.04. The summed E-state index contributed by atoms with van der Waals surface area (Å²) in [6.45, 7) is 7.20. The molecular formula is C11H24N2O. The molecule has 0 amide bonds. The van der Waals surface area contributed by atoms with Crippen LogP contribution in [0.25, 0.3) is 0 Å². The maximum Gasteiger partial charge on any atom is 0.0585 e. The number of aliphatic hydroxyl groups excluding tert-OH is 1. The Balaban J connectivity index is 2.23. The average molecular weight is 200 g/mol. The van der Waals surface area contributed by atoms with Gasteiger partial charge in [0.1, 0.15) is 0 Å². The summed E-state index contributed by atoms with van der Waals surface area (Å²) in [5.41, 5.74) is 0. The Morgan fingerprint density at radius 1 is 1.50 bits per heavy atom. The Morgan fingerprint density at radius 2 is 2.21 bits per heavy atom. The molecule has 1 aliphatic rings. The second-order valence-corrected chi connectivity index (χ2v) is 4.64. The molecule has 0 saturated carbocycles. The quantitative estimate of drug-likeness (QED) is 0.685. The maximum absolute atomic E-state index is 9.04. The van der Waals surface area contributed by atoms with Crippen LogP contribution in [0.15, 0.2) is 0 Å². The van der Waals surface area contributed by atoms with Gasteiger partial charge in [-0.2, -0.15) is 0 Å². The third-order valence-electron chi connectivity index (χ3n) is 3.31. The lowest BCUT2D eigenvalue weighted by Crippen LogP contribution is -2.36. The fraction of sp³-hybridized carbons (Fsp3) is 1.00. The van der Waals surface area contributed by atoms with Crippen LogP contribution in [0.4, 0.5) is 0 Å². The van der Waals surface area contributed by atoms with Gasteiger partial charge in [-0.3, -0.25) is 0 Å². The van der Waals surface area contributed by atoms with E-state index in [0.717, 1.165) is 24.9 Å². The van der Waals surface area contributed by atoms with Crippen LogP contribution in [-0.2, 0) is 0 Å². The first kappa shape index (κ1) is 12.0. The number of rotatable bonds is 5. The van der Waals surface area contributed by atoms with Gasteiger partial charge in [0.15, 0.2) is 0 Å². The van der Waals surface area contributed by atoms with Gasteiger partial charge in [0, 0.05) is 18.6 Å². The number of likely N-dealkylation sites (tertiary alicyclic amines) is 1. The van der Waals surface area contributed by atoms with Crippen molar-refractivity contribution < 1.29 is 5.11 Å². The number of nitrogens with zero attached hydrogens (tertiary/aromatic N) is 1. The topological polar surface area (TPSA) is 35.5 Å². The van der Waals surface area contributed by atoms with E-state index in [9.17, 15) is 0 Å². The van der Waals surface area contributed by atoms with E-state index < -0.39 is 0 Å². The molecule has 1 saturated heterocycles. The van der Waals surface area contributed by atoms with Gasteiger partial charge in [0.25, 0.3) is 0 Å². The van der Waals surface area contributed by atoms with Crippen LogP contribution >= 0.6 is 0 Å². The minimum atomic E-state index is 0.244. The predicted octanol–water partition coefficient (Wildman–Crippen LogP) is 0.687. The Labute approximate surface area is 87.5 Å². The molecule has 3 unspecified atom stereocenters. The highest BCUT2D eigenvalue weighted by molar-refractivity contribution is 4.81. The fourth-order valence-electron chi connectivity index (χ4n) is 2.35. The van der Waals surface area contributed by atoms with Crippen LogP contribution < -0.4 is 5.32 Å². The van der Waals surface area contributed by atoms with Crippen molar-refractivity contribution in [2.24, 2.45) is 5.92 Å². The van der Waals surface area contributed by atoms with E-state index in [4.69, 9.17) is 5.11 Å². The predicted molar refractivity (Wildman–Crippen MR) is 59.4 cm³/mol. The summed E-state index contributed by atoms with van der Waals surface area (Å²) < 4.78 is 0. The molecule has 0 spiro atoms. The Hall–Kier alpha value is -0.120. The molecule has 14 heavy (non-hydrogen) atoms. The SMILES string of the molecule is CNC(CO)CCN1CC(C)CC1C. The molecule has 3 atom stereocenters. The van der Waals surface area contributed by atoms with E-state index in [2.05, 4.69) is 24.1 Å². The Kier molecular flexibility index (Phi) is 4.85. The zero-order chi connectivity index (χ0) is 10.6. The highest BCUT2D eigenvalue weighted by Gasteiger charge is 2.25. The summed E-state index contributed by atoms with van der Waals surface area (Å²) in [7, 11) is 1.91. The van der Waals surface area contributed by atoms with Crippen molar-refractivity contribution in [1.29, 1.82) is 0 Å². The van der Waals surface area contributed by atoms with Crippen LogP contribution in [0.5, 0.6) is 0 Å². The Morgan fingerprint density at radius 3 is 2.64 bits per heavy atom. The van der Waals surface area contributed by atoms with E-state index in [-0.39, 0.29) is 12.6 Å². The summed E-state index contributed by atoms with van der Waals surface area (Å²) in [5, 5.41) is 12.2. The van der Waals surface area contributed by atoms with Crippen LogP contribution in [0.2, 0.25) is 0 Å². The van der Waals surface area contributed by atoms with Gasteiger partial charge >= 0.3 is 0 Å². The van der Waals surface area contributed by atoms with Gasteiger partial charge < -0.3 is 15.3 Å². The lowest BCUT2D eigenvalue weighted by atomic mass is 10.1. The molecule has 0 aliphatic carbocycles. The minimum Gasteiger partial charge on any atom is -0.395 e. The fourth-order valence-corrected chi connectivity index (χ4v) is 2.35. The van der Waals surface area contributed by atoms with E-state index in [1.165, 1.54) is 13.0 Å². The van der Waals surface area contributed by atoms with Crippen molar-refractivity contribution in [1.82, 2.24) is 10.2 Å². The molecule has 0 radical (unpaired) electrons. The molecule has 1 fully saturated rings. The summed E-state index contributed by atoms with van der Waals surface area (Å²) >= 11 is 0. The number of hydrogen-bond donors (Lipinski definition) is 2. The first-order chi connectivity index (χ1) is 6.67. The van der Waals surface area contributed by atoms with Gasteiger partial charge in [-0.15, -0.1) is 0 Å². The number of likely N-dealkylation sites (N-methyl/N-ethyl adjacent to an activating group) is 1. The molecule has 2 N–H and O–H groups in total. The van der Waals surface area contributed by atoms with E-state index >= 15 is 0 Å². The van der Waals surface area contributed by atoms with Gasteiger partial charge in [0.2, 0.25) is 0 Å². The normalized spacial score (nSPS) is 30.9. The second kappa shape index (κ2) is 5.69. The highest BCUT2D eigenvalue weighted by Crippen LogP contribution is 2.22. The first-order valence-corrected chi connectivity index (χ1v) is 5.69. The van der Waals surface area contributed by atoms with Gasteiger partial charge in [-0.05, 0) is 39.3 Å². The summed E-state index contributed by atoms with van der Waals surface area (Å²) in [6, 6.07) is 0.985. The summed E-state index contributed by atoms with van der Waals surface area (Å²) in [4.78, 5) is 2.53. The van der Waals surface area contributed by atoms with Crippen LogP contribution in [0.3, 0.4) is 0 Å². The molecule has 0 bridgehead atoms.